The second kappa shape index (κ2) is 9.91. The summed E-state index contributed by atoms with van der Waals surface area (Å²) in [7, 11) is 0. The van der Waals surface area contributed by atoms with Gasteiger partial charge in [-0.05, 0) is 38.1 Å². The van der Waals surface area contributed by atoms with Crippen LogP contribution >= 0.6 is 23.2 Å². The van der Waals surface area contributed by atoms with Gasteiger partial charge in [0.1, 0.15) is 23.2 Å². The van der Waals surface area contributed by atoms with Crippen LogP contribution in [0.2, 0.25) is 10.0 Å². The van der Waals surface area contributed by atoms with Gasteiger partial charge in [-0.1, -0.05) is 43.1 Å². The lowest BCUT2D eigenvalue weighted by Gasteiger charge is -2.16. The lowest BCUT2D eigenvalue weighted by Crippen LogP contribution is -2.22. The third-order valence-electron chi connectivity index (χ3n) is 5.15. The molecule has 0 radical (unpaired) electrons. The molecule has 0 aromatic carbocycles. The van der Waals surface area contributed by atoms with E-state index in [1.807, 2.05) is 39.0 Å². The summed E-state index contributed by atoms with van der Waals surface area (Å²) in [5, 5.41) is 0.262. The second-order valence-electron chi connectivity index (χ2n) is 8.14. The Morgan fingerprint density at radius 3 is 2.56 bits per heavy atom. The summed E-state index contributed by atoms with van der Waals surface area (Å²) in [6.45, 7) is 7.91. The summed E-state index contributed by atoms with van der Waals surface area (Å²) in [6.07, 6.45) is 3.19. The Morgan fingerprint density at radius 1 is 1.03 bits per heavy atom. The van der Waals surface area contributed by atoms with E-state index in [9.17, 15) is 4.79 Å². The summed E-state index contributed by atoms with van der Waals surface area (Å²) >= 11 is 12.9. The molecule has 9 heteroatoms. The van der Waals surface area contributed by atoms with Gasteiger partial charge >= 0.3 is 0 Å². The average Bonchev–Trinajstić information content (AvgIpc) is 2.82. The molecule has 0 fully saturated rings. The summed E-state index contributed by atoms with van der Waals surface area (Å²) in [5.74, 6) is 1.15. The number of pyridine rings is 3. The summed E-state index contributed by atoms with van der Waals surface area (Å²) in [5.41, 5.74) is 3.44. The maximum atomic E-state index is 13.3. The molecule has 4 aromatic rings. The number of aromatic nitrogens is 5. The number of hydrogen-bond donors (Lipinski definition) is 0. The molecule has 4 aromatic heterocycles. The second-order valence-corrected chi connectivity index (χ2v) is 8.92. The topological polar surface area (TPSA) is 82.8 Å². The standard InChI is InChI=1S/C25H23Cl2N5O2/c1-14(2)24-28-9-8-19(31-24)20-11-21(18(26)12-29-20)32-16(4)10-22(23(27)25(32)33)34-13-17-7-5-6-15(3)30-17/h5-12,14H,13H2,1-4H3. The Balaban J connectivity index is 1.72. The van der Waals surface area contributed by atoms with Gasteiger partial charge in [0.15, 0.2) is 0 Å². The Kier molecular flexibility index (Phi) is 6.95. The van der Waals surface area contributed by atoms with Crippen molar-refractivity contribution in [2.24, 2.45) is 0 Å². The largest absolute Gasteiger partial charge is 0.485 e. The van der Waals surface area contributed by atoms with Crippen LogP contribution in [0.15, 0.2) is 53.6 Å². The number of ether oxygens (including phenoxy) is 1. The monoisotopic (exact) mass is 495 g/mol. The fraction of sp³-hybridized carbons (Fsp3) is 0.240. The van der Waals surface area contributed by atoms with Crippen LogP contribution in [0.1, 0.15) is 42.7 Å². The Hall–Kier alpha value is -3.29. The highest BCUT2D eigenvalue weighted by Crippen LogP contribution is 2.29. The van der Waals surface area contributed by atoms with E-state index in [-0.39, 0.29) is 23.3 Å². The molecule has 0 N–H and O–H groups in total. The summed E-state index contributed by atoms with van der Waals surface area (Å²) in [4.78, 5) is 30.9. The zero-order valence-corrected chi connectivity index (χ0v) is 20.7. The Bertz CT molecular complexity index is 1420. The fourth-order valence-corrected chi connectivity index (χ4v) is 3.83. The average molecular weight is 496 g/mol. The summed E-state index contributed by atoms with van der Waals surface area (Å²) in [6, 6.07) is 10.8. The predicted molar refractivity (Wildman–Crippen MR) is 133 cm³/mol. The van der Waals surface area contributed by atoms with Crippen molar-refractivity contribution >= 4 is 23.2 Å². The minimum Gasteiger partial charge on any atom is -0.485 e. The van der Waals surface area contributed by atoms with Gasteiger partial charge in [-0.2, -0.15) is 0 Å². The van der Waals surface area contributed by atoms with Crippen molar-refractivity contribution in [1.82, 2.24) is 24.5 Å². The van der Waals surface area contributed by atoms with Gasteiger partial charge in [-0.3, -0.25) is 19.3 Å². The van der Waals surface area contributed by atoms with Crippen molar-refractivity contribution in [3.05, 3.63) is 92.1 Å². The number of rotatable bonds is 6. The van der Waals surface area contributed by atoms with Crippen molar-refractivity contribution in [2.75, 3.05) is 0 Å². The number of nitrogens with zero attached hydrogens (tertiary/aromatic N) is 5. The molecule has 0 aliphatic heterocycles. The van der Waals surface area contributed by atoms with Gasteiger partial charge < -0.3 is 4.74 Å². The molecule has 4 rings (SSSR count). The molecule has 0 unspecified atom stereocenters. The van der Waals surface area contributed by atoms with E-state index in [1.165, 1.54) is 10.8 Å². The molecule has 0 aliphatic rings. The first kappa shape index (κ1) is 23.9. The van der Waals surface area contributed by atoms with Crippen LogP contribution in [0.5, 0.6) is 5.75 Å². The molecule has 0 saturated carbocycles. The van der Waals surface area contributed by atoms with Crippen LogP contribution in [0.3, 0.4) is 0 Å². The van der Waals surface area contributed by atoms with Gasteiger partial charge in [-0.25, -0.2) is 9.97 Å². The molecule has 0 saturated heterocycles. The maximum absolute atomic E-state index is 13.3. The van der Waals surface area contributed by atoms with Gasteiger partial charge in [0.2, 0.25) is 0 Å². The van der Waals surface area contributed by atoms with Crippen molar-refractivity contribution in [2.45, 2.75) is 40.2 Å². The lowest BCUT2D eigenvalue weighted by molar-refractivity contribution is 0.300. The molecule has 34 heavy (non-hydrogen) atoms. The van der Waals surface area contributed by atoms with Crippen molar-refractivity contribution in [3.8, 4) is 22.8 Å². The first-order valence-corrected chi connectivity index (χ1v) is 11.5. The zero-order chi connectivity index (χ0) is 24.4. The third-order valence-corrected chi connectivity index (χ3v) is 5.79. The van der Waals surface area contributed by atoms with Crippen LogP contribution in [-0.2, 0) is 6.61 Å². The van der Waals surface area contributed by atoms with E-state index >= 15 is 0 Å². The summed E-state index contributed by atoms with van der Waals surface area (Å²) < 4.78 is 7.26. The highest BCUT2D eigenvalue weighted by molar-refractivity contribution is 6.33. The van der Waals surface area contributed by atoms with Crippen LogP contribution in [-0.4, -0.2) is 24.5 Å². The van der Waals surface area contributed by atoms with Gasteiger partial charge in [0.25, 0.3) is 5.56 Å². The van der Waals surface area contributed by atoms with Gasteiger partial charge in [0.05, 0.1) is 27.8 Å². The van der Waals surface area contributed by atoms with Crippen LogP contribution < -0.4 is 10.3 Å². The van der Waals surface area contributed by atoms with E-state index in [2.05, 4.69) is 19.9 Å². The van der Waals surface area contributed by atoms with E-state index in [0.717, 1.165) is 11.4 Å². The van der Waals surface area contributed by atoms with E-state index in [0.29, 0.717) is 33.6 Å². The number of hydrogen-bond acceptors (Lipinski definition) is 6. The first-order chi connectivity index (χ1) is 16.2. The van der Waals surface area contributed by atoms with E-state index in [4.69, 9.17) is 27.9 Å². The maximum Gasteiger partial charge on any atom is 0.277 e. The quantitative estimate of drug-likeness (QED) is 0.340. The van der Waals surface area contributed by atoms with E-state index in [1.54, 1.807) is 31.3 Å². The van der Waals surface area contributed by atoms with Crippen LogP contribution in [0, 0.1) is 13.8 Å². The van der Waals surface area contributed by atoms with E-state index < -0.39 is 5.56 Å². The minimum atomic E-state index is -0.446. The first-order valence-electron chi connectivity index (χ1n) is 10.7. The highest BCUT2D eigenvalue weighted by atomic mass is 35.5. The Labute approximate surface area is 207 Å². The Morgan fingerprint density at radius 2 is 1.82 bits per heavy atom. The molecule has 0 amide bonds. The SMILES string of the molecule is Cc1cccc(COc2cc(C)n(-c3cc(-c4ccnc(C(C)C)n4)ncc3Cl)c(=O)c2Cl)n1. The molecule has 0 atom stereocenters. The third kappa shape index (κ3) is 4.95. The van der Waals surface area contributed by atoms with Crippen molar-refractivity contribution in [3.63, 3.8) is 0 Å². The molecular formula is C25H23Cl2N5O2. The zero-order valence-electron chi connectivity index (χ0n) is 19.2. The molecule has 174 valence electrons. The highest BCUT2D eigenvalue weighted by Gasteiger charge is 2.18. The number of halogens is 2. The lowest BCUT2D eigenvalue weighted by atomic mass is 10.2. The molecule has 0 aliphatic carbocycles. The smallest absolute Gasteiger partial charge is 0.277 e. The predicted octanol–water partition coefficient (Wildman–Crippen LogP) is 5.71. The molecule has 4 heterocycles. The fourth-order valence-electron chi connectivity index (χ4n) is 3.45. The normalized spacial score (nSPS) is 11.1. The van der Waals surface area contributed by atoms with Gasteiger partial charge in [0, 0.05) is 35.8 Å². The molecule has 0 bridgehead atoms. The van der Waals surface area contributed by atoms with Crippen molar-refractivity contribution in [1.29, 1.82) is 0 Å². The van der Waals surface area contributed by atoms with Crippen molar-refractivity contribution < 1.29 is 4.74 Å². The molecule has 0 spiro atoms. The minimum absolute atomic E-state index is 0.0446. The number of aryl methyl sites for hydroxylation is 2. The van der Waals surface area contributed by atoms with Crippen LogP contribution in [0.25, 0.3) is 17.1 Å². The van der Waals surface area contributed by atoms with Crippen LogP contribution in [0.4, 0.5) is 0 Å². The van der Waals surface area contributed by atoms with Gasteiger partial charge in [-0.15, -0.1) is 0 Å². The molecule has 7 nitrogen and oxygen atoms in total. The molecular weight excluding hydrogens is 473 g/mol.